The summed E-state index contributed by atoms with van der Waals surface area (Å²) >= 11 is 3.40. The molecule has 4 nitrogen and oxygen atoms in total. The van der Waals surface area contributed by atoms with Crippen LogP contribution in [-0.4, -0.2) is 10.5 Å². The van der Waals surface area contributed by atoms with Gasteiger partial charge in [0.2, 0.25) is 0 Å². The third kappa shape index (κ3) is 2.03. The smallest absolute Gasteiger partial charge is 0.253 e. The minimum atomic E-state index is -0.215. The number of amides is 1. The van der Waals surface area contributed by atoms with Crippen molar-refractivity contribution in [2.75, 3.05) is 0 Å². The number of aromatic nitrogens is 1. The van der Waals surface area contributed by atoms with E-state index in [4.69, 9.17) is 5.84 Å². The van der Waals surface area contributed by atoms with E-state index in [0.29, 0.717) is 0 Å². The molecule has 0 unspecified atom stereocenters. The Hall–Kier alpha value is -1.33. The van der Waals surface area contributed by atoms with Crippen molar-refractivity contribution in [1.29, 1.82) is 0 Å². The first-order valence-electron chi connectivity index (χ1n) is 4.44. The fraction of sp³-hybridized carbons (Fsp3) is 0.100. The van der Waals surface area contributed by atoms with E-state index in [1.165, 1.54) is 0 Å². The number of nitrogens with two attached hydrogens (primary N) is 1. The van der Waals surface area contributed by atoms with Crippen LogP contribution >= 0.6 is 15.9 Å². The van der Waals surface area contributed by atoms with E-state index in [1.807, 2.05) is 35.0 Å². The number of rotatable bonds is 2. The molecule has 0 radical (unpaired) electrons. The Morgan fingerprint density at radius 2 is 2.27 bits per heavy atom. The summed E-state index contributed by atoms with van der Waals surface area (Å²) in [7, 11) is 0. The number of nitrogens with one attached hydrogen (secondary N) is 1. The molecule has 0 aliphatic carbocycles. The number of hydrogen-bond acceptors (Lipinski definition) is 2. The van der Waals surface area contributed by atoms with Crippen LogP contribution in [0.3, 0.4) is 0 Å². The first-order chi connectivity index (χ1) is 7.20. The number of hydrazine groups is 1. The summed E-state index contributed by atoms with van der Waals surface area (Å²) in [6, 6.07) is 7.90. The lowest BCUT2D eigenvalue weighted by Crippen LogP contribution is -2.33. The number of halogens is 1. The number of benzene rings is 1. The Bertz CT molecular complexity index is 506. The highest BCUT2D eigenvalue weighted by atomic mass is 79.9. The van der Waals surface area contributed by atoms with Crippen LogP contribution in [0.25, 0.3) is 10.9 Å². The van der Waals surface area contributed by atoms with Crippen LogP contribution in [0.1, 0.15) is 0 Å². The molecule has 0 aliphatic rings. The van der Waals surface area contributed by atoms with Gasteiger partial charge in [0.1, 0.15) is 6.54 Å². The maximum atomic E-state index is 11.1. The summed E-state index contributed by atoms with van der Waals surface area (Å²) in [6.07, 6.45) is 1.87. The van der Waals surface area contributed by atoms with Gasteiger partial charge in [-0.15, -0.1) is 0 Å². The van der Waals surface area contributed by atoms with E-state index in [1.54, 1.807) is 0 Å². The number of carbonyl (C=O) groups is 1. The normalized spacial score (nSPS) is 10.5. The average Bonchev–Trinajstić information content (AvgIpc) is 2.61. The second-order valence-electron chi connectivity index (χ2n) is 3.21. The van der Waals surface area contributed by atoms with Crippen molar-refractivity contribution in [3.05, 3.63) is 34.9 Å². The van der Waals surface area contributed by atoms with Gasteiger partial charge in [0.25, 0.3) is 5.91 Å². The maximum Gasteiger partial charge on any atom is 0.253 e. The maximum absolute atomic E-state index is 11.1. The second-order valence-corrected chi connectivity index (χ2v) is 4.13. The quantitative estimate of drug-likeness (QED) is 0.491. The van der Waals surface area contributed by atoms with Gasteiger partial charge in [0.15, 0.2) is 0 Å². The molecule has 78 valence electrons. The summed E-state index contributed by atoms with van der Waals surface area (Å²) in [6.45, 7) is 0.233. The molecule has 2 aromatic rings. The van der Waals surface area contributed by atoms with Gasteiger partial charge >= 0.3 is 0 Å². The minimum Gasteiger partial charge on any atom is -0.338 e. The Kier molecular flexibility index (Phi) is 2.75. The molecule has 0 atom stereocenters. The van der Waals surface area contributed by atoms with Gasteiger partial charge in [-0.05, 0) is 23.6 Å². The summed E-state index contributed by atoms with van der Waals surface area (Å²) in [5.74, 6) is 4.83. The summed E-state index contributed by atoms with van der Waals surface area (Å²) < 4.78 is 2.84. The first kappa shape index (κ1) is 10.2. The molecule has 5 heteroatoms. The zero-order valence-corrected chi connectivity index (χ0v) is 9.49. The lowest BCUT2D eigenvalue weighted by molar-refractivity contribution is -0.121. The largest absolute Gasteiger partial charge is 0.338 e. The molecule has 0 aliphatic heterocycles. The van der Waals surface area contributed by atoms with Crippen LogP contribution in [0.5, 0.6) is 0 Å². The van der Waals surface area contributed by atoms with Crippen LogP contribution in [0.4, 0.5) is 0 Å². The van der Waals surface area contributed by atoms with Crippen molar-refractivity contribution in [2.24, 2.45) is 5.84 Å². The SMILES string of the molecule is NNC(=O)Cn1ccc2ccc(Br)cc21. The van der Waals surface area contributed by atoms with E-state index in [2.05, 4.69) is 21.4 Å². The molecule has 0 bridgehead atoms. The molecule has 0 fully saturated rings. The molecule has 1 heterocycles. The van der Waals surface area contributed by atoms with Crippen LogP contribution < -0.4 is 11.3 Å². The highest BCUT2D eigenvalue weighted by molar-refractivity contribution is 9.10. The van der Waals surface area contributed by atoms with Crippen LogP contribution in [0.2, 0.25) is 0 Å². The topological polar surface area (TPSA) is 60.0 Å². The highest BCUT2D eigenvalue weighted by Crippen LogP contribution is 2.20. The van der Waals surface area contributed by atoms with Crippen molar-refractivity contribution in [3.63, 3.8) is 0 Å². The molecule has 1 amide bonds. The van der Waals surface area contributed by atoms with Crippen LogP contribution in [-0.2, 0) is 11.3 Å². The molecule has 1 aromatic heterocycles. The predicted molar refractivity (Wildman–Crippen MR) is 62.0 cm³/mol. The van der Waals surface area contributed by atoms with Crippen molar-refractivity contribution in [1.82, 2.24) is 9.99 Å². The fourth-order valence-corrected chi connectivity index (χ4v) is 1.84. The molecule has 15 heavy (non-hydrogen) atoms. The van der Waals surface area contributed by atoms with E-state index in [0.717, 1.165) is 15.4 Å². The lowest BCUT2D eigenvalue weighted by Gasteiger charge is -2.03. The first-order valence-corrected chi connectivity index (χ1v) is 5.24. The number of fused-ring (bicyclic) bond motifs is 1. The second kappa shape index (κ2) is 4.04. The van der Waals surface area contributed by atoms with E-state index < -0.39 is 0 Å². The predicted octanol–water partition coefficient (Wildman–Crippen LogP) is 1.39. The molecule has 1 aromatic carbocycles. The Labute approximate surface area is 95.2 Å². The number of hydrogen-bond donors (Lipinski definition) is 2. The van der Waals surface area contributed by atoms with Gasteiger partial charge in [-0.2, -0.15) is 0 Å². The van der Waals surface area contributed by atoms with Gasteiger partial charge in [-0.3, -0.25) is 10.2 Å². The van der Waals surface area contributed by atoms with Crippen LogP contribution in [0, 0.1) is 0 Å². The Balaban J connectivity index is 2.43. The number of carbonyl (C=O) groups excluding carboxylic acids is 1. The Morgan fingerprint density at radius 3 is 3.00 bits per heavy atom. The monoisotopic (exact) mass is 267 g/mol. The third-order valence-electron chi connectivity index (χ3n) is 2.21. The highest BCUT2D eigenvalue weighted by Gasteiger charge is 2.04. The van der Waals surface area contributed by atoms with Crippen LogP contribution in [0.15, 0.2) is 34.9 Å². The van der Waals surface area contributed by atoms with Gasteiger partial charge in [-0.1, -0.05) is 22.0 Å². The fourth-order valence-electron chi connectivity index (χ4n) is 1.50. The van der Waals surface area contributed by atoms with E-state index in [-0.39, 0.29) is 12.5 Å². The summed E-state index contributed by atoms with van der Waals surface area (Å²) in [5.41, 5.74) is 3.12. The molecular formula is C10H10BrN3O. The molecule has 0 saturated carbocycles. The third-order valence-corrected chi connectivity index (χ3v) is 2.70. The van der Waals surface area contributed by atoms with Crippen molar-refractivity contribution >= 4 is 32.7 Å². The zero-order valence-electron chi connectivity index (χ0n) is 7.90. The van der Waals surface area contributed by atoms with Gasteiger partial charge < -0.3 is 4.57 Å². The van der Waals surface area contributed by atoms with Crippen molar-refractivity contribution in [3.8, 4) is 0 Å². The zero-order chi connectivity index (χ0) is 10.8. The van der Waals surface area contributed by atoms with Gasteiger partial charge in [0, 0.05) is 16.2 Å². The molecule has 3 N–H and O–H groups in total. The van der Waals surface area contributed by atoms with Crippen molar-refractivity contribution in [2.45, 2.75) is 6.54 Å². The van der Waals surface area contributed by atoms with Gasteiger partial charge in [0.05, 0.1) is 0 Å². The lowest BCUT2D eigenvalue weighted by atomic mass is 10.2. The summed E-state index contributed by atoms with van der Waals surface area (Å²) in [4.78, 5) is 11.1. The van der Waals surface area contributed by atoms with E-state index in [9.17, 15) is 4.79 Å². The average molecular weight is 268 g/mol. The van der Waals surface area contributed by atoms with Crippen molar-refractivity contribution < 1.29 is 4.79 Å². The molecule has 0 spiro atoms. The Morgan fingerprint density at radius 1 is 1.47 bits per heavy atom. The van der Waals surface area contributed by atoms with Gasteiger partial charge in [-0.25, -0.2) is 5.84 Å². The molecule has 2 rings (SSSR count). The molecule has 0 saturated heterocycles. The minimum absolute atomic E-state index is 0.215. The molecular weight excluding hydrogens is 258 g/mol. The van der Waals surface area contributed by atoms with E-state index >= 15 is 0 Å². The standard InChI is InChI=1S/C10H10BrN3O/c11-8-2-1-7-3-4-14(9(7)5-8)6-10(15)13-12/h1-5H,6,12H2,(H,13,15). The number of nitrogens with zero attached hydrogens (tertiary/aromatic N) is 1. The summed E-state index contributed by atoms with van der Waals surface area (Å²) in [5, 5.41) is 1.10.